The molecule has 0 saturated heterocycles. The maximum Gasteiger partial charge on any atom is 0.135 e. The van der Waals surface area contributed by atoms with Gasteiger partial charge in [0, 0.05) is 11.1 Å². The van der Waals surface area contributed by atoms with Crippen LogP contribution >= 0.6 is 0 Å². The second kappa shape index (κ2) is 4.10. The van der Waals surface area contributed by atoms with E-state index in [1.165, 1.54) is 16.7 Å². The van der Waals surface area contributed by atoms with Gasteiger partial charge in [0.25, 0.3) is 0 Å². The molecule has 17 heavy (non-hydrogen) atoms. The quantitative estimate of drug-likeness (QED) is 0.583. The predicted molar refractivity (Wildman–Crippen MR) is 70.3 cm³/mol. The standard InChI is InChI=1S/C16H14O/c1-2-7-12-13-8-3-5-10-15(13)17-16-11-6-4-9-14(12)16/h3-11H,2H2,1H3. The molecule has 0 aromatic heterocycles. The van der Waals surface area contributed by atoms with Gasteiger partial charge in [0.2, 0.25) is 0 Å². The molecule has 2 aromatic carbocycles. The molecule has 2 aromatic rings. The summed E-state index contributed by atoms with van der Waals surface area (Å²) in [6.07, 6.45) is 3.29. The number of ether oxygens (including phenoxy) is 1. The van der Waals surface area contributed by atoms with Gasteiger partial charge in [-0.15, -0.1) is 0 Å². The molecule has 1 heteroatoms. The fraction of sp³-hybridized carbons (Fsp3) is 0.125. The summed E-state index contributed by atoms with van der Waals surface area (Å²) >= 11 is 0. The zero-order valence-electron chi connectivity index (χ0n) is 9.81. The lowest BCUT2D eigenvalue weighted by Gasteiger charge is -2.22. The maximum atomic E-state index is 5.91. The molecule has 1 aliphatic rings. The molecule has 0 saturated carbocycles. The highest BCUT2D eigenvalue weighted by atomic mass is 16.5. The summed E-state index contributed by atoms with van der Waals surface area (Å²) in [7, 11) is 0. The summed E-state index contributed by atoms with van der Waals surface area (Å²) in [5.74, 6) is 1.90. The summed E-state index contributed by atoms with van der Waals surface area (Å²) in [5.41, 5.74) is 3.66. The van der Waals surface area contributed by atoms with Crippen molar-refractivity contribution in [2.75, 3.05) is 0 Å². The van der Waals surface area contributed by atoms with Gasteiger partial charge in [-0.3, -0.25) is 0 Å². The highest BCUT2D eigenvalue weighted by molar-refractivity contribution is 5.87. The van der Waals surface area contributed by atoms with Crippen LogP contribution in [0, 0.1) is 0 Å². The van der Waals surface area contributed by atoms with Crippen LogP contribution < -0.4 is 4.74 Å². The Morgan fingerprint density at radius 2 is 1.41 bits per heavy atom. The molecule has 0 atom stereocenters. The van der Waals surface area contributed by atoms with Crippen LogP contribution in [0.4, 0.5) is 0 Å². The molecule has 0 spiro atoms. The SMILES string of the molecule is CCC=C1c2ccccc2Oc2ccccc21. The van der Waals surface area contributed by atoms with E-state index in [9.17, 15) is 0 Å². The van der Waals surface area contributed by atoms with Crippen molar-refractivity contribution in [1.29, 1.82) is 0 Å². The fourth-order valence-electron chi connectivity index (χ4n) is 2.24. The number of hydrogen-bond acceptors (Lipinski definition) is 1. The van der Waals surface area contributed by atoms with Crippen molar-refractivity contribution < 1.29 is 4.74 Å². The number of para-hydroxylation sites is 2. The van der Waals surface area contributed by atoms with E-state index in [0.29, 0.717) is 0 Å². The van der Waals surface area contributed by atoms with Gasteiger partial charge in [-0.25, -0.2) is 0 Å². The molecule has 0 unspecified atom stereocenters. The molecule has 0 fully saturated rings. The molecule has 1 heterocycles. The van der Waals surface area contributed by atoms with Gasteiger partial charge in [-0.2, -0.15) is 0 Å². The van der Waals surface area contributed by atoms with Crippen molar-refractivity contribution in [2.24, 2.45) is 0 Å². The number of fused-ring (bicyclic) bond motifs is 2. The Morgan fingerprint density at radius 1 is 0.882 bits per heavy atom. The smallest absolute Gasteiger partial charge is 0.135 e. The third-order valence-corrected chi connectivity index (χ3v) is 2.98. The predicted octanol–water partition coefficient (Wildman–Crippen LogP) is 4.63. The van der Waals surface area contributed by atoms with Gasteiger partial charge < -0.3 is 4.74 Å². The minimum absolute atomic E-state index is 0.950. The monoisotopic (exact) mass is 222 g/mol. The van der Waals surface area contributed by atoms with Crippen molar-refractivity contribution in [3.63, 3.8) is 0 Å². The van der Waals surface area contributed by atoms with E-state index in [-0.39, 0.29) is 0 Å². The van der Waals surface area contributed by atoms with Gasteiger partial charge in [-0.1, -0.05) is 49.4 Å². The van der Waals surface area contributed by atoms with Gasteiger partial charge in [0.1, 0.15) is 11.5 Å². The summed E-state index contributed by atoms with van der Waals surface area (Å²) in [6, 6.07) is 16.4. The molecular formula is C16H14O. The number of hydrogen-bond donors (Lipinski definition) is 0. The Kier molecular flexibility index (Phi) is 2.45. The summed E-state index contributed by atoms with van der Waals surface area (Å²) in [4.78, 5) is 0. The van der Waals surface area contributed by atoms with E-state index in [1.54, 1.807) is 0 Å². The molecule has 1 nitrogen and oxygen atoms in total. The Labute approximate surface area is 101 Å². The van der Waals surface area contributed by atoms with Crippen LogP contribution in [0.25, 0.3) is 5.57 Å². The Morgan fingerprint density at radius 3 is 1.94 bits per heavy atom. The van der Waals surface area contributed by atoms with Gasteiger partial charge >= 0.3 is 0 Å². The highest BCUT2D eigenvalue weighted by Crippen LogP contribution is 2.43. The second-order valence-electron chi connectivity index (χ2n) is 4.12. The minimum Gasteiger partial charge on any atom is -0.456 e. The van der Waals surface area contributed by atoms with Crippen molar-refractivity contribution in [3.05, 3.63) is 65.7 Å². The average Bonchev–Trinajstić information content (AvgIpc) is 2.39. The summed E-state index contributed by atoms with van der Waals surface area (Å²) in [5, 5.41) is 0. The zero-order valence-corrected chi connectivity index (χ0v) is 9.81. The number of rotatable bonds is 1. The van der Waals surface area contributed by atoms with E-state index in [2.05, 4.69) is 37.3 Å². The third kappa shape index (κ3) is 1.64. The number of benzene rings is 2. The molecule has 84 valence electrons. The first kappa shape index (κ1) is 10.2. The van der Waals surface area contributed by atoms with E-state index in [4.69, 9.17) is 4.74 Å². The molecule has 0 bridgehead atoms. The molecule has 0 N–H and O–H groups in total. The van der Waals surface area contributed by atoms with Crippen LogP contribution in [0.3, 0.4) is 0 Å². The first-order valence-corrected chi connectivity index (χ1v) is 5.97. The second-order valence-corrected chi connectivity index (χ2v) is 4.12. The van der Waals surface area contributed by atoms with Crippen LogP contribution in [0.1, 0.15) is 24.5 Å². The molecular weight excluding hydrogens is 208 g/mol. The van der Waals surface area contributed by atoms with Crippen LogP contribution in [-0.4, -0.2) is 0 Å². The van der Waals surface area contributed by atoms with E-state index < -0.39 is 0 Å². The zero-order chi connectivity index (χ0) is 11.7. The van der Waals surface area contributed by atoms with E-state index in [1.807, 2.05) is 24.3 Å². The minimum atomic E-state index is 0.950. The summed E-state index contributed by atoms with van der Waals surface area (Å²) < 4.78 is 5.91. The Hall–Kier alpha value is -2.02. The van der Waals surface area contributed by atoms with Gasteiger partial charge in [0.05, 0.1) is 0 Å². The molecule has 0 aliphatic carbocycles. The topological polar surface area (TPSA) is 9.23 Å². The highest BCUT2D eigenvalue weighted by Gasteiger charge is 2.20. The van der Waals surface area contributed by atoms with Crippen LogP contribution in [0.15, 0.2) is 54.6 Å². The van der Waals surface area contributed by atoms with E-state index in [0.717, 1.165) is 17.9 Å². The fourth-order valence-corrected chi connectivity index (χ4v) is 2.24. The first-order valence-electron chi connectivity index (χ1n) is 5.97. The van der Waals surface area contributed by atoms with Crippen molar-refractivity contribution >= 4 is 5.57 Å². The summed E-state index contributed by atoms with van der Waals surface area (Å²) in [6.45, 7) is 2.16. The lowest BCUT2D eigenvalue weighted by atomic mass is 9.93. The molecule has 1 aliphatic heterocycles. The van der Waals surface area contributed by atoms with Crippen molar-refractivity contribution in [2.45, 2.75) is 13.3 Å². The third-order valence-electron chi connectivity index (χ3n) is 2.98. The van der Waals surface area contributed by atoms with Crippen LogP contribution in [0.5, 0.6) is 11.5 Å². The van der Waals surface area contributed by atoms with Gasteiger partial charge in [-0.05, 0) is 24.1 Å². The molecule has 3 rings (SSSR count). The number of allylic oxidation sites excluding steroid dienone is 1. The van der Waals surface area contributed by atoms with Gasteiger partial charge in [0.15, 0.2) is 0 Å². The Balaban J connectivity index is 2.24. The lowest BCUT2D eigenvalue weighted by molar-refractivity contribution is 0.474. The maximum absolute atomic E-state index is 5.91. The average molecular weight is 222 g/mol. The first-order chi connectivity index (χ1) is 8.40. The van der Waals surface area contributed by atoms with Crippen molar-refractivity contribution in [1.82, 2.24) is 0 Å². The van der Waals surface area contributed by atoms with Crippen LogP contribution in [-0.2, 0) is 0 Å². The molecule has 0 amide bonds. The Bertz CT molecular complexity index is 534. The normalized spacial score (nSPS) is 12.4. The van der Waals surface area contributed by atoms with E-state index >= 15 is 0 Å². The van der Waals surface area contributed by atoms with Crippen molar-refractivity contribution in [3.8, 4) is 11.5 Å². The largest absolute Gasteiger partial charge is 0.456 e. The molecule has 0 radical (unpaired) electrons. The van der Waals surface area contributed by atoms with Crippen LogP contribution in [0.2, 0.25) is 0 Å². The lowest BCUT2D eigenvalue weighted by Crippen LogP contribution is -2.01.